The lowest BCUT2D eigenvalue weighted by Crippen LogP contribution is -2.17. The molecule has 0 N–H and O–H groups in total. The predicted molar refractivity (Wildman–Crippen MR) is 104 cm³/mol. The van der Waals surface area contributed by atoms with Gasteiger partial charge in [-0.15, -0.1) is 16.3 Å². The van der Waals surface area contributed by atoms with Crippen molar-refractivity contribution in [2.45, 2.75) is 0 Å². The molecule has 0 spiro atoms. The van der Waals surface area contributed by atoms with Crippen molar-refractivity contribution < 1.29 is 9.47 Å². The molecule has 4 aromatic rings. The van der Waals surface area contributed by atoms with E-state index in [4.69, 9.17) is 16.0 Å². The third kappa shape index (κ3) is 2.52. The van der Waals surface area contributed by atoms with Gasteiger partial charge in [0.2, 0.25) is 0 Å². The first-order valence-electron chi connectivity index (χ1n) is 8.30. The van der Waals surface area contributed by atoms with Crippen LogP contribution in [0, 0.1) is 6.57 Å². The lowest BCUT2D eigenvalue weighted by molar-refractivity contribution is 0.171. The summed E-state index contributed by atoms with van der Waals surface area (Å²) in [6.07, 6.45) is 1.55. The zero-order chi connectivity index (χ0) is 18.4. The van der Waals surface area contributed by atoms with E-state index in [1.54, 1.807) is 6.33 Å². The molecule has 0 saturated heterocycles. The zero-order valence-corrected chi connectivity index (χ0v) is 15.2. The van der Waals surface area contributed by atoms with Crippen LogP contribution in [0.4, 0.5) is 16.6 Å². The second kappa shape index (κ2) is 6.07. The average Bonchev–Trinajstić information content (AvgIpc) is 3.16. The molecule has 1 aliphatic rings. The van der Waals surface area contributed by atoms with E-state index in [0.29, 0.717) is 18.3 Å². The van der Waals surface area contributed by atoms with Crippen LogP contribution in [0.5, 0.6) is 11.5 Å². The number of ether oxygens (including phenoxy) is 2. The van der Waals surface area contributed by atoms with Gasteiger partial charge in [-0.1, -0.05) is 6.57 Å². The maximum Gasteiger partial charge on any atom is 0.330 e. The molecule has 2 aromatic carbocycles. The summed E-state index contributed by atoms with van der Waals surface area (Å²) in [5.74, 6) is 2.22. The summed E-state index contributed by atoms with van der Waals surface area (Å²) in [7, 11) is 1.95. The van der Waals surface area contributed by atoms with Gasteiger partial charge in [0.25, 0.3) is 0 Å². The summed E-state index contributed by atoms with van der Waals surface area (Å²) < 4.78 is 12.2. The normalized spacial score (nSPS) is 12.9. The second-order valence-electron chi connectivity index (χ2n) is 6.00. The smallest absolute Gasteiger partial charge is 0.330 e. The summed E-state index contributed by atoms with van der Waals surface area (Å²) in [5.41, 5.74) is 2.52. The average molecular weight is 375 g/mol. The molecule has 0 fully saturated rings. The van der Waals surface area contributed by atoms with Crippen molar-refractivity contribution in [2.24, 2.45) is 0 Å². The first-order valence-corrected chi connectivity index (χ1v) is 9.11. The van der Waals surface area contributed by atoms with Crippen molar-refractivity contribution >= 4 is 49.1 Å². The number of nitrogens with zero attached hydrogens (tertiary/aromatic N) is 5. The molecule has 5 rings (SSSR count). The van der Waals surface area contributed by atoms with E-state index in [0.717, 1.165) is 44.1 Å². The Bertz CT molecular complexity index is 1230. The molecule has 0 unspecified atom stereocenters. The Balaban J connectivity index is 1.70. The topological polar surface area (TPSA) is 64.7 Å². The molecule has 0 amide bonds. The first-order chi connectivity index (χ1) is 13.2. The van der Waals surface area contributed by atoms with Crippen molar-refractivity contribution in [3.63, 3.8) is 0 Å². The van der Waals surface area contributed by atoms with Crippen LogP contribution in [-0.4, -0.2) is 35.2 Å². The van der Waals surface area contributed by atoms with Crippen LogP contribution in [0.15, 0.2) is 36.7 Å². The fourth-order valence-corrected chi connectivity index (χ4v) is 4.06. The molecule has 7 nitrogen and oxygen atoms in total. The Kier molecular flexibility index (Phi) is 3.55. The number of fused-ring (bicyclic) bond motifs is 4. The highest BCUT2D eigenvalue weighted by Crippen LogP contribution is 2.40. The molecule has 2 aromatic heterocycles. The quantitative estimate of drug-likeness (QED) is 0.486. The number of rotatable bonds is 2. The number of anilines is 2. The van der Waals surface area contributed by atoms with Gasteiger partial charge in [0.15, 0.2) is 17.0 Å². The second-order valence-corrected chi connectivity index (χ2v) is 6.98. The van der Waals surface area contributed by atoms with Crippen LogP contribution in [0.2, 0.25) is 0 Å². The first kappa shape index (κ1) is 15.8. The van der Waals surface area contributed by atoms with Gasteiger partial charge in [-0.05, 0) is 24.3 Å². The van der Waals surface area contributed by atoms with Crippen molar-refractivity contribution in [2.75, 3.05) is 25.2 Å². The highest BCUT2D eigenvalue weighted by molar-refractivity contribution is 7.23. The monoisotopic (exact) mass is 375 g/mol. The Hall–Kier alpha value is -3.44. The molecular weight excluding hydrogens is 362 g/mol. The molecule has 3 heterocycles. The van der Waals surface area contributed by atoms with Crippen LogP contribution in [0.1, 0.15) is 0 Å². The molecule has 132 valence electrons. The summed E-state index contributed by atoms with van der Waals surface area (Å²) in [4.78, 5) is 18.7. The maximum atomic E-state index is 7.25. The summed E-state index contributed by atoms with van der Waals surface area (Å²) in [6, 6.07) is 9.62. The van der Waals surface area contributed by atoms with Crippen molar-refractivity contribution in [3.8, 4) is 11.5 Å². The van der Waals surface area contributed by atoms with E-state index in [2.05, 4.69) is 19.8 Å². The number of thiazole rings is 1. The highest BCUT2D eigenvalue weighted by atomic mass is 32.1. The van der Waals surface area contributed by atoms with E-state index < -0.39 is 0 Å². The fourth-order valence-electron chi connectivity index (χ4n) is 3.17. The van der Waals surface area contributed by atoms with Crippen molar-refractivity contribution in [1.29, 1.82) is 0 Å². The molecule has 27 heavy (non-hydrogen) atoms. The lowest BCUT2D eigenvalue weighted by Gasteiger charge is -2.23. The molecule has 1 aliphatic heterocycles. The minimum absolute atomic E-state index is 0.411. The third-order valence-electron chi connectivity index (χ3n) is 4.45. The maximum absolute atomic E-state index is 7.25. The Morgan fingerprint density at radius 3 is 2.74 bits per heavy atom. The van der Waals surface area contributed by atoms with Gasteiger partial charge < -0.3 is 19.2 Å². The minimum Gasteiger partial charge on any atom is -0.486 e. The molecule has 0 bridgehead atoms. The summed E-state index contributed by atoms with van der Waals surface area (Å²) in [5, 5.41) is 1.30. The van der Waals surface area contributed by atoms with Crippen molar-refractivity contribution in [1.82, 2.24) is 15.0 Å². The number of benzene rings is 2. The molecule has 0 aliphatic carbocycles. The highest BCUT2D eigenvalue weighted by Gasteiger charge is 2.19. The minimum atomic E-state index is 0.411. The van der Waals surface area contributed by atoms with Gasteiger partial charge in [0.1, 0.15) is 25.4 Å². The van der Waals surface area contributed by atoms with Crippen molar-refractivity contribution in [3.05, 3.63) is 48.1 Å². The molecule has 0 saturated carbocycles. The largest absolute Gasteiger partial charge is 0.486 e. The number of hydrogen-bond acceptors (Lipinski definition) is 7. The van der Waals surface area contributed by atoms with Crippen LogP contribution in [0.25, 0.3) is 26.0 Å². The van der Waals surface area contributed by atoms with E-state index in [-0.39, 0.29) is 0 Å². The standard InChI is InChI=1S/C19H13N5O2S/c1-20-19-23-13-5-4-12-16(17(13)27-19)18(22-10-21-12)24(2)11-3-6-14-15(9-11)26-8-7-25-14/h3-6,9-10H,7-8H2,2H3. The third-order valence-corrected chi connectivity index (χ3v) is 5.43. The van der Waals surface area contributed by atoms with Gasteiger partial charge in [-0.2, -0.15) is 0 Å². The van der Waals surface area contributed by atoms with E-state index >= 15 is 0 Å². The molecule has 8 heteroatoms. The molecular formula is C19H13N5O2S. The van der Waals surface area contributed by atoms with Crippen LogP contribution >= 0.6 is 11.3 Å². The van der Waals surface area contributed by atoms with Gasteiger partial charge in [-0.3, -0.25) is 0 Å². The number of hydrogen-bond donors (Lipinski definition) is 0. The molecule has 0 radical (unpaired) electrons. The summed E-state index contributed by atoms with van der Waals surface area (Å²) >= 11 is 1.36. The van der Waals surface area contributed by atoms with E-state index in [9.17, 15) is 0 Å². The fraction of sp³-hybridized carbons (Fsp3) is 0.158. The summed E-state index contributed by atoms with van der Waals surface area (Å²) in [6.45, 7) is 8.35. The van der Waals surface area contributed by atoms with Crippen LogP contribution < -0.4 is 14.4 Å². The van der Waals surface area contributed by atoms with E-state index in [1.807, 2.05) is 42.3 Å². The van der Waals surface area contributed by atoms with Crippen LogP contribution in [0.3, 0.4) is 0 Å². The van der Waals surface area contributed by atoms with Crippen LogP contribution in [-0.2, 0) is 0 Å². The van der Waals surface area contributed by atoms with Gasteiger partial charge in [0.05, 0.1) is 15.6 Å². The Morgan fingerprint density at radius 1 is 1.07 bits per heavy atom. The van der Waals surface area contributed by atoms with Gasteiger partial charge in [-0.25, -0.2) is 9.97 Å². The SMILES string of the molecule is [C-]#[N+]c1nc2ccc3ncnc(N(C)c4ccc5c(c4)OCCO5)c3c2s1. The predicted octanol–water partition coefficient (Wildman–Crippen LogP) is 4.33. The zero-order valence-electron chi connectivity index (χ0n) is 14.3. The van der Waals surface area contributed by atoms with E-state index in [1.165, 1.54) is 11.3 Å². The molecule has 0 atom stereocenters. The Labute approximate surface area is 158 Å². The number of aromatic nitrogens is 3. The Morgan fingerprint density at radius 2 is 1.89 bits per heavy atom. The van der Waals surface area contributed by atoms with Gasteiger partial charge >= 0.3 is 5.13 Å². The lowest BCUT2D eigenvalue weighted by atomic mass is 10.2. The van der Waals surface area contributed by atoms with Gasteiger partial charge in [0, 0.05) is 18.8 Å².